The number of nitrogens with one attached hydrogen (secondary N) is 2. The molecule has 0 aliphatic carbocycles. The zero-order chi connectivity index (χ0) is 19.3. The van der Waals surface area contributed by atoms with E-state index < -0.39 is 11.7 Å². The molecule has 2 aromatic heterocycles. The number of hydrogen-bond acceptors (Lipinski definition) is 3. The molecule has 4 nitrogen and oxygen atoms in total. The molecule has 1 aromatic carbocycles. The van der Waals surface area contributed by atoms with Gasteiger partial charge >= 0.3 is 6.18 Å². The van der Waals surface area contributed by atoms with Gasteiger partial charge in [0.25, 0.3) is 5.91 Å². The Morgan fingerprint density at radius 3 is 2.44 bits per heavy atom. The number of quaternary nitrogens is 1. The number of anilines is 1. The van der Waals surface area contributed by atoms with Gasteiger partial charge in [0, 0.05) is 5.69 Å². The molecule has 0 fully saturated rings. The van der Waals surface area contributed by atoms with E-state index in [-0.39, 0.29) is 12.5 Å². The molecule has 1 unspecified atom stereocenters. The Morgan fingerprint density at radius 2 is 1.85 bits per heavy atom. The Morgan fingerprint density at radius 1 is 1.07 bits per heavy atom. The summed E-state index contributed by atoms with van der Waals surface area (Å²) in [4.78, 5) is 14.5. The van der Waals surface area contributed by atoms with Crippen LogP contribution >= 0.6 is 11.3 Å². The van der Waals surface area contributed by atoms with Crippen LogP contribution in [-0.2, 0) is 24.1 Å². The summed E-state index contributed by atoms with van der Waals surface area (Å²) in [6, 6.07) is 12.0. The Hall–Kier alpha value is -2.58. The van der Waals surface area contributed by atoms with Crippen LogP contribution in [-0.4, -0.2) is 12.5 Å². The fourth-order valence-electron chi connectivity index (χ4n) is 2.68. The van der Waals surface area contributed by atoms with Crippen LogP contribution in [0.4, 0.5) is 18.9 Å². The van der Waals surface area contributed by atoms with Crippen molar-refractivity contribution in [3.8, 4) is 0 Å². The van der Waals surface area contributed by atoms with E-state index in [0.717, 1.165) is 27.7 Å². The van der Waals surface area contributed by atoms with Crippen molar-refractivity contribution in [1.29, 1.82) is 0 Å². The van der Waals surface area contributed by atoms with Crippen LogP contribution in [0.25, 0.3) is 0 Å². The SMILES string of the molecule is O=C(C[NH+](Cc1ccco1)Cc1cccs1)Nc1ccc(C(F)(F)F)cc1. The predicted octanol–water partition coefficient (Wildman–Crippen LogP) is 3.58. The maximum absolute atomic E-state index is 12.6. The molecule has 2 N–H and O–H groups in total. The van der Waals surface area contributed by atoms with Crippen LogP contribution in [0.3, 0.4) is 0 Å². The molecule has 0 spiro atoms. The average Bonchev–Trinajstić information content (AvgIpc) is 3.28. The van der Waals surface area contributed by atoms with E-state index in [1.54, 1.807) is 23.7 Å². The monoisotopic (exact) mass is 395 g/mol. The molecule has 1 atom stereocenters. The van der Waals surface area contributed by atoms with Gasteiger partial charge in [0.1, 0.15) is 13.1 Å². The lowest BCUT2D eigenvalue weighted by molar-refractivity contribution is -0.920. The van der Waals surface area contributed by atoms with E-state index in [0.29, 0.717) is 18.8 Å². The Balaban J connectivity index is 1.63. The van der Waals surface area contributed by atoms with Crippen molar-refractivity contribution in [2.24, 2.45) is 0 Å². The quantitative estimate of drug-likeness (QED) is 0.642. The maximum Gasteiger partial charge on any atom is 0.416 e. The summed E-state index contributed by atoms with van der Waals surface area (Å²) in [6.45, 7) is 1.35. The zero-order valence-corrected chi connectivity index (χ0v) is 15.1. The summed E-state index contributed by atoms with van der Waals surface area (Å²) < 4.78 is 43.2. The maximum atomic E-state index is 12.6. The molecule has 0 saturated carbocycles. The second kappa shape index (κ2) is 8.41. The Labute approximate surface area is 158 Å². The first kappa shape index (κ1) is 19.2. The standard InChI is InChI=1S/C19H17F3N2O2S/c20-19(21,22)14-5-7-15(8-6-14)23-18(25)13-24(11-16-3-1-9-26-16)12-17-4-2-10-27-17/h1-10H,11-13H2,(H,23,25)/p+1. The molecule has 2 heterocycles. The fourth-order valence-corrected chi connectivity index (χ4v) is 3.46. The van der Waals surface area contributed by atoms with Gasteiger partial charge in [-0.15, -0.1) is 11.3 Å². The van der Waals surface area contributed by atoms with Crippen molar-refractivity contribution in [2.75, 3.05) is 11.9 Å². The van der Waals surface area contributed by atoms with Crippen LogP contribution < -0.4 is 10.2 Å². The molecule has 0 aliphatic rings. The van der Waals surface area contributed by atoms with Crippen LogP contribution in [0.1, 0.15) is 16.2 Å². The normalized spacial score (nSPS) is 12.7. The van der Waals surface area contributed by atoms with E-state index in [1.165, 1.54) is 12.1 Å². The van der Waals surface area contributed by atoms with Gasteiger partial charge in [-0.3, -0.25) is 4.79 Å². The van der Waals surface area contributed by atoms with E-state index in [4.69, 9.17) is 4.42 Å². The molecule has 0 aliphatic heterocycles. The highest BCUT2D eigenvalue weighted by Crippen LogP contribution is 2.29. The summed E-state index contributed by atoms with van der Waals surface area (Å²) in [5, 5.41) is 4.63. The van der Waals surface area contributed by atoms with E-state index in [2.05, 4.69) is 5.32 Å². The van der Waals surface area contributed by atoms with Crippen molar-refractivity contribution in [3.05, 3.63) is 76.4 Å². The number of alkyl halides is 3. The minimum absolute atomic E-state index is 0.166. The summed E-state index contributed by atoms with van der Waals surface area (Å²) in [5.74, 6) is 0.497. The van der Waals surface area contributed by atoms with Gasteiger partial charge in [-0.25, -0.2) is 0 Å². The van der Waals surface area contributed by atoms with Crippen molar-refractivity contribution in [2.45, 2.75) is 19.3 Å². The number of carbonyl (C=O) groups excluding carboxylic acids is 1. The van der Waals surface area contributed by atoms with Gasteiger partial charge < -0.3 is 14.6 Å². The Bertz CT molecular complexity index is 808. The highest BCUT2D eigenvalue weighted by molar-refractivity contribution is 7.09. The Kier molecular flexibility index (Phi) is 5.98. The molecule has 8 heteroatoms. The smallest absolute Gasteiger partial charge is 0.416 e. The molecule has 3 rings (SSSR count). The van der Waals surface area contributed by atoms with Crippen LogP contribution in [0.15, 0.2) is 64.6 Å². The van der Waals surface area contributed by atoms with E-state index in [9.17, 15) is 18.0 Å². The van der Waals surface area contributed by atoms with Gasteiger partial charge in [0.05, 0.1) is 16.7 Å². The highest BCUT2D eigenvalue weighted by atomic mass is 32.1. The zero-order valence-electron chi connectivity index (χ0n) is 14.3. The first-order chi connectivity index (χ1) is 12.9. The molecular weight excluding hydrogens is 377 g/mol. The van der Waals surface area contributed by atoms with Crippen LogP contribution in [0.2, 0.25) is 0 Å². The third-order valence-electron chi connectivity index (χ3n) is 3.92. The predicted molar refractivity (Wildman–Crippen MR) is 96.3 cm³/mol. The molecule has 1 amide bonds. The molecule has 0 saturated heterocycles. The van der Waals surface area contributed by atoms with Gasteiger partial charge in [0.2, 0.25) is 0 Å². The molecule has 0 radical (unpaired) electrons. The van der Waals surface area contributed by atoms with E-state index >= 15 is 0 Å². The highest BCUT2D eigenvalue weighted by Gasteiger charge is 2.30. The number of hydrogen-bond donors (Lipinski definition) is 2. The molecule has 142 valence electrons. The van der Waals surface area contributed by atoms with Crippen LogP contribution in [0, 0.1) is 0 Å². The summed E-state index contributed by atoms with van der Waals surface area (Å²) in [6.07, 6.45) is -2.81. The summed E-state index contributed by atoms with van der Waals surface area (Å²) in [5.41, 5.74) is -0.412. The number of halogens is 3. The molecular formula is C19H18F3N2O2S+. The lowest BCUT2D eigenvalue weighted by Gasteiger charge is -2.17. The number of rotatable bonds is 7. The van der Waals surface area contributed by atoms with Gasteiger partial charge in [-0.1, -0.05) is 6.07 Å². The van der Waals surface area contributed by atoms with Gasteiger partial charge in [-0.05, 0) is 47.8 Å². The first-order valence-electron chi connectivity index (χ1n) is 8.25. The summed E-state index contributed by atoms with van der Waals surface area (Å²) >= 11 is 1.61. The number of benzene rings is 1. The lowest BCUT2D eigenvalue weighted by Crippen LogP contribution is -3.10. The largest absolute Gasteiger partial charge is 0.463 e. The van der Waals surface area contributed by atoms with Crippen molar-refractivity contribution >= 4 is 22.9 Å². The fraction of sp³-hybridized carbons (Fsp3) is 0.211. The number of thiophene rings is 1. The minimum Gasteiger partial charge on any atom is -0.463 e. The molecule has 3 aromatic rings. The second-order valence-corrected chi connectivity index (χ2v) is 7.09. The summed E-state index contributed by atoms with van der Waals surface area (Å²) in [7, 11) is 0. The average molecular weight is 395 g/mol. The van der Waals surface area contributed by atoms with Crippen molar-refractivity contribution in [1.82, 2.24) is 0 Å². The number of amides is 1. The first-order valence-corrected chi connectivity index (χ1v) is 9.13. The van der Waals surface area contributed by atoms with E-state index in [1.807, 2.05) is 23.6 Å². The topological polar surface area (TPSA) is 46.7 Å². The molecule has 0 bridgehead atoms. The lowest BCUT2D eigenvalue weighted by atomic mass is 10.2. The second-order valence-electron chi connectivity index (χ2n) is 6.06. The van der Waals surface area contributed by atoms with Crippen molar-refractivity contribution in [3.63, 3.8) is 0 Å². The minimum atomic E-state index is -4.40. The number of furan rings is 1. The van der Waals surface area contributed by atoms with Gasteiger partial charge in [0.15, 0.2) is 12.3 Å². The third kappa shape index (κ3) is 5.70. The third-order valence-corrected chi connectivity index (χ3v) is 4.79. The van der Waals surface area contributed by atoms with Crippen LogP contribution in [0.5, 0.6) is 0 Å². The van der Waals surface area contributed by atoms with Gasteiger partial charge in [-0.2, -0.15) is 13.2 Å². The molecule has 27 heavy (non-hydrogen) atoms. The van der Waals surface area contributed by atoms with Crippen molar-refractivity contribution < 1.29 is 27.3 Å². The number of carbonyl (C=O) groups is 1.